The molecule has 0 aliphatic carbocycles. The van der Waals surface area contributed by atoms with Crippen LogP contribution in [0.5, 0.6) is 0 Å². The summed E-state index contributed by atoms with van der Waals surface area (Å²) in [6.07, 6.45) is 0. The van der Waals surface area contributed by atoms with Gasteiger partial charge in [-0.15, -0.1) is 11.3 Å². The first kappa shape index (κ1) is 16.7. The Kier molecular flexibility index (Phi) is 5.64. The highest BCUT2D eigenvalue weighted by molar-refractivity contribution is 7.91. The molecule has 0 aliphatic rings. The molecule has 0 fully saturated rings. The molecule has 0 spiro atoms. The van der Waals surface area contributed by atoms with Gasteiger partial charge in [0.25, 0.3) is 10.0 Å². The van der Waals surface area contributed by atoms with Crippen molar-refractivity contribution in [1.29, 1.82) is 0 Å². The Hall–Kier alpha value is -0.340. The number of hydrogen-bond acceptors (Lipinski definition) is 5. The number of rotatable bonds is 5. The van der Waals surface area contributed by atoms with Gasteiger partial charge >= 0.3 is 5.97 Å². The molecule has 0 amide bonds. The maximum Gasteiger partial charge on any atom is 0.324 e. The zero-order valence-electron chi connectivity index (χ0n) is 10.4. The van der Waals surface area contributed by atoms with E-state index in [0.29, 0.717) is 0 Å². The molecule has 1 aromatic rings. The molecule has 0 saturated heterocycles. The third kappa shape index (κ3) is 4.06. The van der Waals surface area contributed by atoms with Crippen LogP contribution in [0.3, 0.4) is 0 Å². The summed E-state index contributed by atoms with van der Waals surface area (Å²) in [5.74, 6) is -0.902. The smallest absolute Gasteiger partial charge is 0.324 e. The van der Waals surface area contributed by atoms with Crippen molar-refractivity contribution in [2.24, 2.45) is 5.92 Å². The van der Waals surface area contributed by atoms with Gasteiger partial charge in [-0.3, -0.25) is 4.79 Å². The van der Waals surface area contributed by atoms with Crippen LogP contribution in [0.25, 0.3) is 0 Å². The van der Waals surface area contributed by atoms with Gasteiger partial charge in [0.2, 0.25) is 0 Å². The Labute approximate surface area is 125 Å². The fourth-order valence-electron chi connectivity index (χ4n) is 1.27. The maximum absolute atomic E-state index is 12.1. The van der Waals surface area contributed by atoms with Crippen LogP contribution in [-0.2, 0) is 19.6 Å². The number of methoxy groups -OCH3 is 1. The lowest BCUT2D eigenvalue weighted by Crippen LogP contribution is -2.44. The molecule has 0 bridgehead atoms. The molecule has 1 atom stereocenters. The Morgan fingerprint density at radius 3 is 2.37 bits per heavy atom. The van der Waals surface area contributed by atoms with Gasteiger partial charge in [0, 0.05) is 0 Å². The average molecular weight is 346 g/mol. The monoisotopic (exact) mass is 345 g/mol. The van der Waals surface area contributed by atoms with Crippen LogP contribution in [0.1, 0.15) is 13.8 Å². The predicted molar refractivity (Wildman–Crippen MR) is 75.3 cm³/mol. The van der Waals surface area contributed by atoms with Crippen LogP contribution < -0.4 is 4.72 Å². The van der Waals surface area contributed by atoms with Crippen molar-refractivity contribution in [2.45, 2.75) is 24.1 Å². The minimum Gasteiger partial charge on any atom is -0.468 e. The molecule has 108 valence electrons. The quantitative estimate of drug-likeness (QED) is 0.832. The summed E-state index contributed by atoms with van der Waals surface area (Å²) >= 11 is 12.3. The Morgan fingerprint density at radius 2 is 2.00 bits per heavy atom. The van der Waals surface area contributed by atoms with E-state index < -0.39 is 22.0 Å². The number of halogens is 2. The molecule has 0 aliphatic heterocycles. The van der Waals surface area contributed by atoms with Crippen LogP contribution >= 0.6 is 34.5 Å². The Morgan fingerprint density at radius 1 is 1.42 bits per heavy atom. The van der Waals surface area contributed by atoms with Gasteiger partial charge in [-0.05, 0) is 12.0 Å². The number of carbonyl (C=O) groups excluding carboxylic acids is 1. The number of thiophene rings is 1. The number of sulfonamides is 1. The molecular weight excluding hydrogens is 333 g/mol. The van der Waals surface area contributed by atoms with E-state index in [0.717, 1.165) is 11.3 Å². The van der Waals surface area contributed by atoms with Crippen molar-refractivity contribution in [2.75, 3.05) is 7.11 Å². The molecule has 9 heteroatoms. The fourth-order valence-corrected chi connectivity index (χ4v) is 4.50. The highest BCUT2D eigenvalue weighted by Gasteiger charge is 2.30. The summed E-state index contributed by atoms with van der Waals surface area (Å²) in [5.41, 5.74) is 0. The maximum atomic E-state index is 12.1. The van der Waals surface area contributed by atoms with Gasteiger partial charge in [-0.1, -0.05) is 37.0 Å². The van der Waals surface area contributed by atoms with Gasteiger partial charge in [0.15, 0.2) is 0 Å². The summed E-state index contributed by atoms with van der Waals surface area (Å²) in [4.78, 5) is 11.5. The second-order valence-corrected chi connectivity index (χ2v) is 8.06. The largest absolute Gasteiger partial charge is 0.468 e. The van der Waals surface area contributed by atoms with E-state index in [9.17, 15) is 13.2 Å². The average Bonchev–Trinajstić information content (AvgIpc) is 2.66. The third-order valence-corrected chi connectivity index (χ3v) is 6.07. The minimum absolute atomic E-state index is 0.0444. The Bertz CT molecular complexity index is 549. The summed E-state index contributed by atoms with van der Waals surface area (Å²) in [7, 11) is -2.66. The van der Waals surface area contributed by atoms with E-state index in [1.165, 1.54) is 13.2 Å². The van der Waals surface area contributed by atoms with E-state index in [1.807, 2.05) is 0 Å². The molecule has 1 N–H and O–H groups in total. The Balaban J connectivity index is 3.04. The predicted octanol–water partition coefficient (Wildman–Crippen LogP) is 2.53. The molecule has 0 unspecified atom stereocenters. The molecule has 0 radical (unpaired) electrons. The first-order valence-corrected chi connectivity index (χ1v) is 8.29. The van der Waals surface area contributed by atoms with E-state index >= 15 is 0 Å². The lowest BCUT2D eigenvalue weighted by Gasteiger charge is -2.19. The van der Waals surface area contributed by atoms with E-state index in [-0.39, 0.29) is 19.5 Å². The molecule has 1 heterocycles. The van der Waals surface area contributed by atoms with Crippen molar-refractivity contribution < 1.29 is 17.9 Å². The van der Waals surface area contributed by atoms with Crippen molar-refractivity contribution in [3.63, 3.8) is 0 Å². The first-order chi connectivity index (χ1) is 8.69. The number of hydrogen-bond donors (Lipinski definition) is 1. The minimum atomic E-state index is -3.86. The van der Waals surface area contributed by atoms with Crippen molar-refractivity contribution in [3.8, 4) is 0 Å². The zero-order chi connectivity index (χ0) is 14.8. The van der Waals surface area contributed by atoms with Gasteiger partial charge in [0.05, 0.1) is 12.1 Å². The molecule has 0 aromatic carbocycles. The van der Waals surface area contributed by atoms with Gasteiger partial charge in [-0.25, -0.2) is 8.42 Å². The number of nitrogens with one attached hydrogen (secondary N) is 1. The van der Waals surface area contributed by atoms with Crippen molar-refractivity contribution >= 4 is 50.5 Å². The van der Waals surface area contributed by atoms with E-state index in [4.69, 9.17) is 23.2 Å². The topological polar surface area (TPSA) is 72.5 Å². The molecule has 1 aromatic heterocycles. The lowest BCUT2D eigenvalue weighted by atomic mass is 10.1. The second-order valence-electron chi connectivity index (χ2n) is 4.05. The fraction of sp³-hybridized carbons (Fsp3) is 0.500. The summed E-state index contributed by atoms with van der Waals surface area (Å²) in [5, 5.41) is 0.159. The standard InChI is InChI=1S/C10H13Cl2NO4S2/c1-5(2)8(10(14)17-3)13-19(15,16)7-4-6(11)9(12)18-7/h4-5,8,13H,1-3H3/t8-/m0/s1. The molecule has 0 saturated carbocycles. The highest BCUT2D eigenvalue weighted by Crippen LogP contribution is 2.34. The second kappa shape index (κ2) is 6.41. The van der Waals surface area contributed by atoms with E-state index in [1.54, 1.807) is 13.8 Å². The van der Waals surface area contributed by atoms with Crippen molar-refractivity contribution in [3.05, 3.63) is 15.4 Å². The van der Waals surface area contributed by atoms with Gasteiger partial charge in [0.1, 0.15) is 14.6 Å². The van der Waals surface area contributed by atoms with Crippen LogP contribution in [0.4, 0.5) is 0 Å². The van der Waals surface area contributed by atoms with Crippen LogP contribution in [-0.4, -0.2) is 27.5 Å². The summed E-state index contributed by atoms with van der Waals surface area (Å²) in [6, 6.07) is 0.278. The lowest BCUT2D eigenvalue weighted by molar-refractivity contribution is -0.143. The third-order valence-electron chi connectivity index (χ3n) is 2.29. The summed E-state index contributed by atoms with van der Waals surface area (Å²) < 4.78 is 31.2. The number of esters is 1. The normalized spacial score (nSPS) is 13.6. The van der Waals surface area contributed by atoms with E-state index in [2.05, 4.69) is 9.46 Å². The van der Waals surface area contributed by atoms with Gasteiger partial charge in [-0.2, -0.15) is 4.72 Å². The molecule has 5 nitrogen and oxygen atoms in total. The first-order valence-electron chi connectivity index (χ1n) is 5.24. The van der Waals surface area contributed by atoms with Gasteiger partial charge < -0.3 is 4.74 Å². The van der Waals surface area contributed by atoms with Crippen LogP contribution in [0, 0.1) is 5.92 Å². The number of carbonyl (C=O) groups is 1. The van der Waals surface area contributed by atoms with Crippen LogP contribution in [0.2, 0.25) is 9.36 Å². The molecular formula is C10H13Cl2NO4S2. The summed E-state index contributed by atoms with van der Waals surface area (Å²) in [6.45, 7) is 3.41. The molecule has 19 heavy (non-hydrogen) atoms. The zero-order valence-corrected chi connectivity index (χ0v) is 13.6. The number of ether oxygens (including phenoxy) is 1. The SMILES string of the molecule is COC(=O)[C@@H](NS(=O)(=O)c1cc(Cl)c(Cl)s1)C(C)C. The van der Waals surface area contributed by atoms with Crippen LogP contribution in [0.15, 0.2) is 10.3 Å². The van der Waals surface area contributed by atoms with Crippen molar-refractivity contribution in [1.82, 2.24) is 4.72 Å². The molecule has 1 rings (SSSR count). The highest BCUT2D eigenvalue weighted by atomic mass is 35.5.